The van der Waals surface area contributed by atoms with Gasteiger partial charge in [-0.2, -0.15) is 0 Å². The van der Waals surface area contributed by atoms with Crippen LogP contribution in [0.4, 0.5) is 11.4 Å². The van der Waals surface area contributed by atoms with E-state index in [1.54, 1.807) is 0 Å². The highest BCUT2D eigenvalue weighted by atomic mass is 79.9. The van der Waals surface area contributed by atoms with Crippen LogP contribution in [0.15, 0.2) is 120 Å². The van der Waals surface area contributed by atoms with Gasteiger partial charge in [0.05, 0.1) is 11.4 Å². The second kappa shape index (κ2) is 8.71. The van der Waals surface area contributed by atoms with Crippen LogP contribution >= 0.6 is 15.9 Å². The number of allylic oxidation sites excluding steroid dienone is 3. The zero-order chi connectivity index (χ0) is 26.8. The Labute approximate surface area is 235 Å². The van der Waals surface area contributed by atoms with E-state index in [0.29, 0.717) is 0 Å². The summed E-state index contributed by atoms with van der Waals surface area (Å²) < 4.78 is 1.10. The average Bonchev–Trinajstić information content (AvgIpc) is 3.14. The van der Waals surface area contributed by atoms with E-state index in [1.807, 2.05) is 18.2 Å². The van der Waals surface area contributed by atoms with Crippen molar-refractivity contribution in [1.29, 1.82) is 0 Å². The smallest absolute Gasteiger partial charge is 0.0506 e. The Bertz CT molecular complexity index is 1650. The molecule has 1 heterocycles. The van der Waals surface area contributed by atoms with Crippen LogP contribution in [0.5, 0.6) is 0 Å². The summed E-state index contributed by atoms with van der Waals surface area (Å²) in [6.45, 7) is 17.7. The highest BCUT2D eigenvalue weighted by molar-refractivity contribution is 9.10. The average molecular weight is 559 g/mol. The van der Waals surface area contributed by atoms with Gasteiger partial charge in [-0.1, -0.05) is 111 Å². The van der Waals surface area contributed by atoms with Crippen LogP contribution in [0.2, 0.25) is 0 Å². The molecule has 0 unspecified atom stereocenters. The maximum atomic E-state index is 4.15. The zero-order valence-electron chi connectivity index (χ0n) is 22.5. The van der Waals surface area contributed by atoms with Gasteiger partial charge in [0.1, 0.15) is 0 Å². The number of fused-ring (bicyclic) bond motifs is 6. The molecule has 0 N–H and O–H groups in total. The van der Waals surface area contributed by atoms with Crippen LogP contribution in [-0.4, -0.2) is 0 Å². The minimum atomic E-state index is -0.178. The molecule has 0 spiro atoms. The molecule has 0 bridgehead atoms. The molecular weight excluding hydrogens is 526 g/mol. The van der Waals surface area contributed by atoms with Gasteiger partial charge in [0.2, 0.25) is 0 Å². The van der Waals surface area contributed by atoms with E-state index in [2.05, 4.69) is 141 Å². The van der Waals surface area contributed by atoms with Crippen molar-refractivity contribution in [2.75, 3.05) is 4.90 Å². The summed E-state index contributed by atoms with van der Waals surface area (Å²) in [6.07, 6.45) is 5.82. The van der Waals surface area contributed by atoms with Gasteiger partial charge in [-0.25, -0.2) is 0 Å². The molecule has 0 atom stereocenters. The molecule has 188 valence electrons. The minimum Gasteiger partial charge on any atom is -0.310 e. The number of hydrogen-bond acceptors (Lipinski definition) is 1. The SMILES string of the molecule is C=C/C=C(\C=C)N1c2ccccc2C(C)(C)c2c1ccc1c2C(C)(C)c2cc(-c3ccc(Br)cc3)ccc2-1. The van der Waals surface area contributed by atoms with Crippen molar-refractivity contribution >= 4 is 27.3 Å². The summed E-state index contributed by atoms with van der Waals surface area (Å²) in [7, 11) is 0. The summed E-state index contributed by atoms with van der Waals surface area (Å²) in [5.41, 5.74) is 13.8. The Morgan fingerprint density at radius 2 is 1.37 bits per heavy atom. The van der Waals surface area contributed by atoms with Crippen molar-refractivity contribution < 1.29 is 0 Å². The van der Waals surface area contributed by atoms with Crippen molar-refractivity contribution in [2.24, 2.45) is 0 Å². The fraction of sp³-hybridized carbons (Fsp3) is 0.167. The van der Waals surface area contributed by atoms with Gasteiger partial charge in [0.25, 0.3) is 0 Å². The summed E-state index contributed by atoms with van der Waals surface area (Å²) in [5, 5.41) is 0. The normalized spacial score (nSPS) is 16.2. The monoisotopic (exact) mass is 557 g/mol. The Hall–Kier alpha value is -3.62. The quantitative estimate of drug-likeness (QED) is 0.225. The molecule has 0 amide bonds. The Morgan fingerprint density at radius 3 is 2.08 bits per heavy atom. The Kier molecular flexibility index (Phi) is 5.66. The summed E-state index contributed by atoms with van der Waals surface area (Å²) in [5.74, 6) is 0. The first-order valence-electron chi connectivity index (χ1n) is 13.1. The summed E-state index contributed by atoms with van der Waals surface area (Å²) >= 11 is 3.57. The number of hydrogen-bond donors (Lipinski definition) is 0. The molecule has 0 fully saturated rings. The lowest BCUT2D eigenvalue weighted by Gasteiger charge is -2.45. The van der Waals surface area contributed by atoms with E-state index in [0.717, 1.165) is 10.2 Å². The van der Waals surface area contributed by atoms with Crippen molar-refractivity contribution in [1.82, 2.24) is 0 Å². The number of nitrogens with zero attached hydrogens (tertiary/aromatic N) is 1. The van der Waals surface area contributed by atoms with Gasteiger partial charge < -0.3 is 4.90 Å². The molecule has 0 saturated heterocycles. The van der Waals surface area contributed by atoms with Crippen molar-refractivity contribution in [2.45, 2.75) is 38.5 Å². The maximum absolute atomic E-state index is 4.15. The molecule has 2 heteroatoms. The molecular formula is C36H32BrN. The predicted octanol–water partition coefficient (Wildman–Crippen LogP) is 10.5. The lowest BCUT2D eigenvalue weighted by atomic mass is 9.67. The summed E-state index contributed by atoms with van der Waals surface area (Å²) in [6, 6.07) is 29.0. The number of benzene rings is 4. The second-order valence-electron chi connectivity index (χ2n) is 11.3. The van der Waals surface area contributed by atoms with Gasteiger partial charge in [-0.05, 0) is 87.0 Å². The first kappa shape index (κ1) is 24.7. The molecule has 2 aliphatic rings. The first-order valence-corrected chi connectivity index (χ1v) is 13.9. The van der Waals surface area contributed by atoms with Crippen molar-refractivity contribution in [3.8, 4) is 22.3 Å². The molecule has 38 heavy (non-hydrogen) atoms. The zero-order valence-corrected chi connectivity index (χ0v) is 24.1. The van der Waals surface area contributed by atoms with Gasteiger partial charge in [-0.15, -0.1) is 0 Å². The van der Waals surface area contributed by atoms with E-state index in [9.17, 15) is 0 Å². The van der Waals surface area contributed by atoms with Crippen LogP contribution in [0.1, 0.15) is 49.9 Å². The Balaban J connectivity index is 1.62. The first-order chi connectivity index (χ1) is 18.2. The van der Waals surface area contributed by atoms with Crippen LogP contribution in [0, 0.1) is 0 Å². The third-order valence-electron chi connectivity index (χ3n) is 8.41. The highest BCUT2D eigenvalue weighted by Crippen LogP contribution is 2.59. The van der Waals surface area contributed by atoms with Gasteiger partial charge >= 0.3 is 0 Å². The molecule has 6 rings (SSSR count). The van der Waals surface area contributed by atoms with Crippen LogP contribution in [0.3, 0.4) is 0 Å². The number of rotatable bonds is 4. The predicted molar refractivity (Wildman–Crippen MR) is 166 cm³/mol. The van der Waals surface area contributed by atoms with E-state index in [-0.39, 0.29) is 10.8 Å². The molecule has 4 aromatic rings. The summed E-state index contributed by atoms with van der Waals surface area (Å²) in [4.78, 5) is 2.36. The number of halogens is 1. The third-order valence-corrected chi connectivity index (χ3v) is 8.94. The largest absolute Gasteiger partial charge is 0.310 e. The van der Waals surface area contributed by atoms with Gasteiger partial charge in [0.15, 0.2) is 0 Å². The van der Waals surface area contributed by atoms with Crippen molar-refractivity contribution in [3.63, 3.8) is 0 Å². The fourth-order valence-corrected chi connectivity index (χ4v) is 6.90. The Morgan fingerprint density at radius 1 is 0.711 bits per heavy atom. The molecule has 1 aliphatic heterocycles. The third kappa shape index (κ3) is 3.43. The number of anilines is 2. The van der Waals surface area contributed by atoms with Crippen molar-refractivity contribution in [3.05, 3.63) is 143 Å². The molecule has 0 radical (unpaired) electrons. The highest BCUT2D eigenvalue weighted by Gasteiger charge is 2.46. The van der Waals surface area contributed by atoms with E-state index in [1.165, 1.54) is 55.9 Å². The molecule has 4 aromatic carbocycles. The minimum absolute atomic E-state index is 0.160. The van der Waals surface area contributed by atoms with Gasteiger partial charge in [-0.3, -0.25) is 0 Å². The number of para-hydroxylation sites is 1. The van der Waals surface area contributed by atoms with E-state index >= 15 is 0 Å². The second-order valence-corrected chi connectivity index (χ2v) is 12.2. The molecule has 0 aromatic heterocycles. The van der Waals surface area contributed by atoms with Crippen LogP contribution in [-0.2, 0) is 10.8 Å². The molecule has 1 aliphatic carbocycles. The standard InChI is InChI=1S/C36H32BrN/c1-7-11-26(8-2)38-31-13-10-9-12-29(31)35(3,4)34-32(38)21-20-28-27-19-16-24(23-14-17-25(37)18-15-23)22-30(27)36(5,6)33(28)34/h7-22H,1-2H2,3-6H3/b26-11+. The lowest BCUT2D eigenvalue weighted by Crippen LogP contribution is -2.35. The van der Waals surface area contributed by atoms with E-state index < -0.39 is 0 Å². The van der Waals surface area contributed by atoms with Crippen LogP contribution in [0.25, 0.3) is 22.3 Å². The fourth-order valence-electron chi connectivity index (χ4n) is 6.63. The lowest BCUT2D eigenvalue weighted by molar-refractivity contribution is 0.583. The topological polar surface area (TPSA) is 3.24 Å². The molecule has 0 saturated carbocycles. The van der Waals surface area contributed by atoms with Crippen LogP contribution < -0.4 is 4.90 Å². The molecule has 1 nitrogen and oxygen atoms in total. The van der Waals surface area contributed by atoms with Gasteiger partial charge in [0, 0.05) is 21.0 Å². The van der Waals surface area contributed by atoms with E-state index in [4.69, 9.17) is 0 Å². The maximum Gasteiger partial charge on any atom is 0.0506 e.